The van der Waals surface area contributed by atoms with Crippen LogP contribution >= 0.6 is 0 Å². The molecule has 2 aromatic carbocycles. The second-order valence-corrected chi connectivity index (χ2v) is 6.67. The van der Waals surface area contributed by atoms with Crippen molar-refractivity contribution in [2.75, 3.05) is 18.6 Å². The van der Waals surface area contributed by atoms with Crippen LogP contribution < -0.4 is 15.0 Å². The molecule has 1 saturated heterocycles. The topological polar surface area (TPSA) is 84.9 Å². The first-order chi connectivity index (χ1) is 14.0. The molecule has 0 spiro atoms. The van der Waals surface area contributed by atoms with E-state index in [0.29, 0.717) is 18.0 Å². The molecular weight excluding hydrogens is 372 g/mol. The van der Waals surface area contributed by atoms with Gasteiger partial charge < -0.3 is 14.8 Å². The summed E-state index contributed by atoms with van der Waals surface area (Å²) < 4.78 is 10.1. The maximum Gasteiger partial charge on any atom is 0.306 e. The highest BCUT2D eigenvalue weighted by molar-refractivity contribution is 6.12. The number of esters is 1. The van der Waals surface area contributed by atoms with E-state index in [0.717, 1.165) is 5.56 Å². The standard InChI is InChI=1S/C22H24N2O5/c1-3-29-19(25)13-18-20(21(26)23-14-15-7-5-4-6-8-15)24(22(18)27)16-9-11-17(28-2)12-10-16/h4-12,18,20H,3,13-14H2,1-2H3,(H,23,26)/t18-,20-/m1/s1. The van der Waals surface area contributed by atoms with Crippen LogP contribution in [0.15, 0.2) is 54.6 Å². The summed E-state index contributed by atoms with van der Waals surface area (Å²) in [6, 6.07) is 15.6. The minimum Gasteiger partial charge on any atom is -0.497 e. The SMILES string of the molecule is CCOC(=O)C[C@H]1C(=O)N(c2ccc(OC)cc2)[C@H]1C(=O)NCc1ccccc1. The van der Waals surface area contributed by atoms with Crippen molar-refractivity contribution in [1.82, 2.24) is 5.32 Å². The van der Waals surface area contributed by atoms with Gasteiger partial charge in [0.1, 0.15) is 11.8 Å². The zero-order valence-corrected chi connectivity index (χ0v) is 16.5. The zero-order valence-electron chi connectivity index (χ0n) is 16.5. The van der Waals surface area contributed by atoms with Gasteiger partial charge in [0, 0.05) is 12.2 Å². The van der Waals surface area contributed by atoms with Crippen LogP contribution in [0.3, 0.4) is 0 Å². The predicted molar refractivity (Wildman–Crippen MR) is 107 cm³/mol. The maximum atomic E-state index is 12.9. The van der Waals surface area contributed by atoms with Gasteiger partial charge in [0.2, 0.25) is 11.8 Å². The largest absolute Gasteiger partial charge is 0.497 e. The fourth-order valence-electron chi connectivity index (χ4n) is 3.37. The van der Waals surface area contributed by atoms with Crippen LogP contribution in [0.1, 0.15) is 18.9 Å². The van der Waals surface area contributed by atoms with Gasteiger partial charge in [-0.25, -0.2) is 0 Å². The molecule has 0 saturated carbocycles. The number of hydrogen-bond acceptors (Lipinski definition) is 5. The summed E-state index contributed by atoms with van der Waals surface area (Å²) in [4.78, 5) is 39.0. The van der Waals surface area contributed by atoms with E-state index in [1.165, 1.54) is 4.90 Å². The number of methoxy groups -OCH3 is 1. The second kappa shape index (κ2) is 9.23. The van der Waals surface area contributed by atoms with Gasteiger partial charge in [-0.1, -0.05) is 30.3 Å². The molecule has 2 amide bonds. The van der Waals surface area contributed by atoms with E-state index in [1.807, 2.05) is 30.3 Å². The van der Waals surface area contributed by atoms with Crippen LogP contribution in [0.2, 0.25) is 0 Å². The smallest absolute Gasteiger partial charge is 0.306 e. The Hall–Kier alpha value is -3.35. The number of nitrogens with zero attached hydrogens (tertiary/aromatic N) is 1. The van der Waals surface area contributed by atoms with E-state index in [4.69, 9.17) is 9.47 Å². The van der Waals surface area contributed by atoms with Crippen LogP contribution in [0.25, 0.3) is 0 Å². The Labute approximate surface area is 169 Å². The number of nitrogens with one attached hydrogen (secondary N) is 1. The number of hydrogen-bond donors (Lipinski definition) is 1. The van der Waals surface area contributed by atoms with Gasteiger partial charge >= 0.3 is 5.97 Å². The first kappa shape index (κ1) is 20.4. The number of ether oxygens (including phenoxy) is 2. The second-order valence-electron chi connectivity index (χ2n) is 6.67. The Kier molecular flexibility index (Phi) is 6.49. The molecule has 0 aromatic heterocycles. The van der Waals surface area contributed by atoms with Gasteiger partial charge in [-0.2, -0.15) is 0 Å². The molecule has 1 heterocycles. The number of amides is 2. The first-order valence-electron chi connectivity index (χ1n) is 9.49. The van der Waals surface area contributed by atoms with E-state index >= 15 is 0 Å². The molecule has 1 fully saturated rings. The predicted octanol–water partition coefficient (Wildman–Crippen LogP) is 2.30. The lowest BCUT2D eigenvalue weighted by molar-refractivity contribution is -0.150. The molecule has 0 bridgehead atoms. The molecule has 1 N–H and O–H groups in total. The van der Waals surface area contributed by atoms with Gasteiger partial charge in [-0.05, 0) is 36.8 Å². The van der Waals surface area contributed by atoms with Crippen LogP contribution in [-0.2, 0) is 25.7 Å². The fraction of sp³-hybridized carbons (Fsp3) is 0.318. The van der Waals surface area contributed by atoms with Crippen molar-refractivity contribution in [2.45, 2.75) is 25.9 Å². The Morgan fingerprint density at radius 3 is 2.38 bits per heavy atom. The van der Waals surface area contributed by atoms with Gasteiger partial charge in [0.25, 0.3) is 0 Å². The van der Waals surface area contributed by atoms with Gasteiger partial charge in [0.15, 0.2) is 0 Å². The summed E-state index contributed by atoms with van der Waals surface area (Å²) in [6.45, 7) is 2.27. The number of carbonyl (C=O) groups is 3. The lowest BCUT2D eigenvalue weighted by atomic mass is 9.83. The molecule has 29 heavy (non-hydrogen) atoms. The minimum atomic E-state index is -0.774. The number of rotatable bonds is 8. The van der Waals surface area contributed by atoms with E-state index < -0.39 is 17.9 Å². The fourth-order valence-corrected chi connectivity index (χ4v) is 3.37. The minimum absolute atomic E-state index is 0.122. The van der Waals surface area contributed by atoms with Gasteiger partial charge in [-0.15, -0.1) is 0 Å². The molecule has 2 atom stereocenters. The average molecular weight is 396 g/mol. The van der Waals surface area contributed by atoms with Gasteiger partial charge in [0.05, 0.1) is 26.1 Å². The van der Waals surface area contributed by atoms with Crippen LogP contribution in [-0.4, -0.2) is 37.5 Å². The third-order valence-electron chi connectivity index (χ3n) is 4.83. The van der Waals surface area contributed by atoms with E-state index in [1.54, 1.807) is 38.3 Å². The van der Waals surface area contributed by atoms with E-state index in [9.17, 15) is 14.4 Å². The molecule has 2 aromatic rings. The third kappa shape index (κ3) is 4.56. The van der Waals surface area contributed by atoms with Crippen molar-refractivity contribution in [1.29, 1.82) is 0 Å². The molecule has 1 aliphatic heterocycles. The zero-order chi connectivity index (χ0) is 20.8. The molecule has 7 nitrogen and oxygen atoms in total. The molecule has 3 rings (SSSR count). The van der Waals surface area contributed by atoms with Crippen molar-refractivity contribution >= 4 is 23.5 Å². The number of anilines is 1. The highest BCUT2D eigenvalue weighted by atomic mass is 16.5. The van der Waals surface area contributed by atoms with Crippen molar-refractivity contribution in [2.24, 2.45) is 5.92 Å². The Balaban J connectivity index is 1.77. The lowest BCUT2D eigenvalue weighted by Gasteiger charge is -2.45. The normalized spacial score (nSPS) is 18.0. The summed E-state index contributed by atoms with van der Waals surface area (Å²) in [5, 5.41) is 2.87. The summed E-state index contributed by atoms with van der Waals surface area (Å²) in [7, 11) is 1.55. The molecule has 7 heteroatoms. The van der Waals surface area contributed by atoms with Gasteiger partial charge in [-0.3, -0.25) is 19.3 Å². The maximum absolute atomic E-state index is 12.9. The summed E-state index contributed by atoms with van der Waals surface area (Å²) in [6.07, 6.45) is -0.122. The van der Waals surface area contributed by atoms with Crippen molar-refractivity contribution in [3.63, 3.8) is 0 Å². The average Bonchev–Trinajstić information content (AvgIpc) is 2.75. The quantitative estimate of drug-likeness (QED) is 0.547. The molecule has 0 radical (unpaired) electrons. The van der Waals surface area contributed by atoms with Crippen LogP contribution in [0.5, 0.6) is 5.75 Å². The summed E-state index contributed by atoms with van der Waals surface area (Å²) >= 11 is 0. The Morgan fingerprint density at radius 2 is 1.76 bits per heavy atom. The van der Waals surface area contributed by atoms with Crippen molar-refractivity contribution in [3.05, 3.63) is 60.2 Å². The summed E-state index contributed by atoms with van der Waals surface area (Å²) in [5.41, 5.74) is 1.53. The van der Waals surface area contributed by atoms with E-state index in [-0.39, 0.29) is 24.8 Å². The number of β-lactam (4-membered cyclic amide) rings is 1. The van der Waals surface area contributed by atoms with E-state index in [2.05, 4.69) is 5.32 Å². The van der Waals surface area contributed by atoms with Crippen LogP contribution in [0.4, 0.5) is 5.69 Å². The van der Waals surface area contributed by atoms with Crippen molar-refractivity contribution < 1.29 is 23.9 Å². The molecule has 0 unspecified atom stereocenters. The number of benzene rings is 2. The molecule has 0 aliphatic carbocycles. The van der Waals surface area contributed by atoms with Crippen LogP contribution in [0, 0.1) is 5.92 Å². The summed E-state index contributed by atoms with van der Waals surface area (Å²) in [5.74, 6) is -1.16. The lowest BCUT2D eigenvalue weighted by Crippen LogP contribution is -2.67. The Bertz CT molecular complexity index is 867. The monoisotopic (exact) mass is 396 g/mol. The third-order valence-corrected chi connectivity index (χ3v) is 4.83. The number of carbonyl (C=O) groups excluding carboxylic acids is 3. The molecule has 152 valence electrons. The molecular formula is C22H24N2O5. The first-order valence-corrected chi connectivity index (χ1v) is 9.49. The Morgan fingerprint density at radius 1 is 1.07 bits per heavy atom. The molecule has 1 aliphatic rings. The van der Waals surface area contributed by atoms with Crippen molar-refractivity contribution in [3.8, 4) is 5.75 Å². The highest BCUT2D eigenvalue weighted by Gasteiger charge is 2.52. The highest BCUT2D eigenvalue weighted by Crippen LogP contribution is 2.36.